The van der Waals surface area contributed by atoms with Crippen LogP contribution in [0, 0.1) is 6.92 Å². The Hall–Kier alpha value is -1.86. The van der Waals surface area contributed by atoms with Crippen molar-refractivity contribution < 1.29 is 8.42 Å². The number of anilines is 1. The van der Waals surface area contributed by atoms with Crippen LogP contribution in [-0.4, -0.2) is 49.9 Å². The Kier molecular flexibility index (Phi) is 4.64. The normalized spacial score (nSPS) is 19.4. The lowest BCUT2D eigenvalue weighted by atomic mass is 9.99. The van der Waals surface area contributed by atoms with Crippen LogP contribution in [-0.2, 0) is 10.0 Å². The number of hydrogen-bond acceptors (Lipinski definition) is 4. The number of H-pyrrole nitrogens is 1. The summed E-state index contributed by atoms with van der Waals surface area (Å²) in [4.78, 5) is 9.70. The lowest BCUT2D eigenvalue weighted by molar-refractivity contribution is 0.310. The summed E-state index contributed by atoms with van der Waals surface area (Å²) in [6.07, 6.45) is 5.30. The molecule has 0 unspecified atom stereocenters. The number of benzene rings is 1. The monoisotopic (exact) mass is 348 g/mol. The Balaban J connectivity index is 1.89. The molecule has 1 aromatic heterocycles. The lowest BCUT2D eigenvalue weighted by Gasteiger charge is -2.31. The molecule has 2 aromatic rings. The SMILES string of the molecule is Cc1ccc(S(=O)(=O)N2CCC[C@H](c3ncc[nH]3)C2)cc1N(C)C. The zero-order valence-electron chi connectivity index (χ0n) is 14.4. The molecule has 1 saturated heterocycles. The summed E-state index contributed by atoms with van der Waals surface area (Å²) >= 11 is 0. The molecule has 0 amide bonds. The van der Waals surface area contributed by atoms with Crippen molar-refractivity contribution in [2.45, 2.75) is 30.6 Å². The van der Waals surface area contributed by atoms with Crippen LogP contribution >= 0.6 is 0 Å². The van der Waals surface area contributed by atoms with Gasteiger partial charge in [-0.2, -0.15) is 4.31 Å². The fraction of sp³-hybridized carbons (Fsp3) is 0.471. The fourth-order valence-corrected chi connectivity index (χ4v) is 4.81. The van der Waals surface area contributed by atoms with Crippen molar-refractivity contribution in [3.8, 4) is 0 Å². The Morgan fingerprint density at radius 1 is 1.33 bits per heavy atom. The number of aryl methyl sites for hydroxylation is 1. The first kappa shape index (κ1) is 17.0. The standard InChI is InChI=1S/C17H24N4O2S/c1-13-6-7-15(11-16(13)20(2)3)24(22,23)21-10-4-5-14(12-21)17-18-8-9-19-17/h6-9,11,14H,4-5,10,12H2,1-3H3,(H,18,19)/t14-/m0/s1. The van der Waals surface area contributed by atoms with Crippen LogP contribution in [0.1, 0.15) is 30.1 Å². The minimum absolute atomic E-state index is 0.127. The van der Waals surface area contributed by atoms with Crippen LogP contribution in [0.4, 0.5) is 5.69 Å². The van der Waals surface area contributed by atoms with Crippen molar-refractivity contribution in [1.82, 2.24) is 14.3 Å². The summed E-state index contributed by atoms with van der Waals surface area (Å²) in [6, 6.07) is 5.34. The van der Waals surface area contributed by atoms with E-state index in [1.165, 1.54) is 0 Å². The summed E-state index contributed by atoms with van der Waals surface area (Å²) in [5, 5.41) is 0. The van der Waals surface area contributed by atoms with Crippen LogP contribution in [0.15, 0.2) is 35.5 Å². The van der Waals surface area contributed by atoms with Gasteiger partial charge in [0.05, 0.1) is 4.90 Å². The number of nitrogens with zero attached hydrogens (tertiary/aromatic N) is 3. The van der Waals surface area contributed by atoms with E-state index < -0.39 is 10.0 Å². The van der Waals surface area contributed by atoms with Gasteiger partial charge >= 0.3 is 0 Å². The van der Waals surface area contributed by atoms with Gasteiger partial charge in [-0.1, -0.05) is 6.07 Å². The van der Waals surface area contributed by atoms with Crippen LogP contribution in [0.5, 0.6) is 0 Å². The Morgan fingerprint density at radius 2 is 2.12 bits per heavy atom. The summed E-state index contributed by atoms with van der Waals surface area (Å²) < 4.78 is 27.7. The number of hydrogen-bond donors (Lipinski definition) is 1. The quantitative estimate of drug-likeness (QED) is 0.921. The van der Waals surface area contributed by atoms with Gasteiger partial charge in [0.2, 0.25) is 10.0 Å². The van der Waals surface area contributed by atoms with Gasteiger partial charge in [-0.05, 0) is 37.5 Å². The third-order valence-corrected chi connectivity index (χ3v) is 6.45. The van der Waals surface area contributed by atoms with Crippen LogP contribution in [0.2, 0.25) is 0 Å². The molecule has 24 heavy (non-hydrogen) atoms. The first-order valence-electron chi connectivity index (χ1n) is 8.17. The number of aromatic amines is 1. The summed E-state index contributed by atoms with van der Waals surface area (Å²) in [5.74, 6) is 0.995. The van der Waals surface area contributed by atoms with E-state index in [4.69, 9.17) is 0 Å². The maximum absolute atomic E-state index is 13.1. The van der Waals surface area contributed by atoms with Gasteiger partial charge in [-0.15, -0.1) is 0 Å². The molecule has 0 radical (unpaired) electrons. The predicted octanol–water partition coefficient (Wildman–Crippen LogP) is 2.35. The highest BCUT2D eigenvalue weighted by molar-refractivity contribution is 7.89. The molecule has 130 valence electrons. The van der Waals surface area contributed by atoms with Gasteiger partial charge < -0.3 is 9.88 Å². The second-order valence-electron chi connectivity index (χ2n) is 6.52. The van der Waals surface area contributed by atoms with Crippen molar-refractivity contribution >= 4 is 15.7 Å². The third kappa shape index (κ3) is 3.18. The van der Waals surface area contributed by atoms with E-state index in [0.29, 0.717) is 18.0 Å². The number of aromatic nitrogens is 2. The highest BCUT2D eigenvalue weighted by Gasteiger charge is 2.32. The molecule has 1 aliphatic heterocycles. The first-order chi connectivity index (χ1) is 11.4. The van der Waals surface area contributed by atoms with E-state index in [1.54, 1.807) is 28.8 Å². The lowest BCUT2D eigenvalue weighted by Crippen LogP contribution is -2.39. The molecule has 6 nitrogen and oxygen atoms in total. The highest BCUT2D eigenvalue weighted by atomic mass is 32.2. The maximum atomic E-state index is 13.1. The molecule has 3 rings (SSSR count). The topological polar surface area (TPSA) is 69.3 Å². The summed E-state index contributed by atoms with van der Waals surface area (Å²) in [7, 11) is 0.353. The van der Waals surface area contributed by atoms with E-state index in [2.05, 4.69) is 9.97 Å². The van der Waals surface area contributed by atoms with E-state index in [-0.39, 0.29) is 5.92 Å². The molecule has 0 aliphatic carbocycles. The number of nitrogens with one attached hydrogen (secondary N) is 1. The molecule has 2 heterocycles. The first-order valence-corrected chi connectivity index (χ1v) is 9.61. The number of imidazole rings is 1. The van der Waals surface area contributed by atoms with E-state index >= 15 is 0 Å². The van der Waals surface area contributed by atoms with Crippen molar-refractivity contribution in [1.29, 1.82) is 0 Å². The van der Waals surface area contributed by atoms with Crippen molar-refractivity contribution in [2.75, 3.05) is 32.1 Å². The Bertz CT molecular complexity index is 800. The third-order valence-electron chi connectivity index (χ3n) is 4.59. The molecule has 1 N–H and O–H groups in total. The second-order valence-corrected chi connectivity index (χ2v) is 8.46. The predicted molar refractivity (Wildman–Crippen MR) is 94.8 cm³/mol. The van der Waals surface area contributed by atoms with Crippen LogP contribution in [0.25, 0.3) is 0 Å². The van der Waals surface area contributed by atoms with Gasteiger partial charge in [0.15, 0.2) is 0 Å². The zero-order valence-corrected chi connectivity index (χ0v) is 15.2. The summed E-state index contributed by atoms with van der Waals surface area (Å²) in [6.45, 7) is 3.02. The van der Waals surface area contributed by atoms with Gasteiger partial charge in [-0.3, -0.25) is 0 Å². The minimum atomic E-state index is -3.49. The van der Waals surface area contributed by atoms with E-state index in [1.807, 2.05) is 32.0 Å². The van der Waals surface area contributed by atoms with Crippen molar-refractivity contribution in [3.05, 3.63) is 42.0 Å². The largest absolute Gasteiger partial charge is 0.377 e. The number of piperidine rings is 1. The molecular formula is C17H24N4O2S. The molecule has 1 atom stereocenters. The molecule has 7 heteroatoms. The molecular weight excluding hydrogens is 324 g/mol. The zero-order chi connectivity index (χ0) is 17.3. The Labute approximate surface area is 143 Å². The van der Waals surface area contributed by atoms with Gasteiger partial charge in [0.1, 0.15) is 5.82 Å². The second kappa shape index (κ2) is 6.57. The van der Waals surface area contributed by atoms with Crippen molar-refractivity contribution in [3.63, 3.8) is 0 Å². The molecule has 1 aromatic carbocycles. The van der Waals surface area contributed by atoms with E-state index in [0.717, 1.165) is 29.9 Å². The van der Waals surface area contributed by atoms with Crippen LogP contribution < -0.4 is 4.90 Å². The average molecular weight is 348 g/mol. The van der Waals surface area contributed by atoms with Crippen LogP contribution in [0.3, 0.4) is 0 Å². The van der Waals surface area contributed by atoms with E-state index in [9.17, 15) is 8.42 Å². The summed E-state index contributed by atoms with van der Waals surface area (Å²) in [5.41, 5.74) is 1.99. The van der Waals surface area contributed by atoms with Crippen molar-refractivity contribution in [2.24, 2.45) is 0 Å². The maximum Gasteiger partial charge on any atom is 0.243 e. The van der Waals surface area contributed by atoms with Gasteiger partial charge in [-0.25, -0.2) is 13.4 Å². The van der Waals surface area contributed by atoms with Gasteiger partial charge in [0.25, 0.3) is 0 Å². The fourth-order valence-electron chi connectivity index (χ4n) is 3.27. The minimum Gasteiger partial charge on any atom is -0.377 e. The molecule has 1 aliphatic rings. The molecule has 1 fully saturated rings. The molecule has 0 spiro atoms. The molecule has 0 bridgehead atoms. The number of sulfonamides is 1. The average Bonchev–Trinajstić information content (AvgIpc) is 3.09. The number of rotatable bonds is 4. The Morgan fingerprint density at radius 3 is 2.79 bits per heavy atom. The van der Waals surface area contributed by atoms with Gasteiger partial charge in [0, 0.05) is 51.2 Å². The smallest absolute Gasteiger partial charge is 0.243 e. The highest BCUT2D eigenvalue weighted by Crippen LogP contribution is 2.30. The molecule has 0 saturated carbocycles.